The summed E-state index contributed by atoms with van der Waals surface area (Å²) in [5.74, 6) is 0.812. The van der Waals surface area contributed by atoms with Gasteiger partial charge in [0.25, 0.3) is 5.56 Å². The van der Waals surface area contributed by atoms with E-state index in [9.17, 15) is 4.79 Å². The highest BCUT2D eigenvalue weighted by Gasteiger charge is 2.11. The number of nitrogens with zero attached hydrogens (tertiary/aromatic N) is 2. The van der Waals surface area contributed by atoms with Gasteiger partial charge in [0.05, 0.1) is 36.3 Å². The molecule has 2 heterocycles. The van der Waals surface area contributed by atoms with Crippen molar-refractivity contribution in [3.8, 4) is 5.75 Å². The molecule has 0 saturated heterocycles. The maximum atomic E-state index is 12.4. The van der Waals surface area contributed by atoms with E-state index in [4.69, 9.17) is 4.74 Å². The largest absolute Gasteiger partial charge is 0.497 e. The van der Waals surface area contributed by atoms with Gasteiger partial charge in [-0.25, -0.2) is 0 Å². The van der Waals surface area contributed by atoms with Gasteiger partial charge in [-0.3, -0.25) is 19.6 Å². The zero-order valence-corrected chi connectivity index (χ0v) is 12.6. The lowest BCUT2D eigenvalue weighted by Crippen LogP contribution is -2.06. The summed E-state index contributed by atoms with van der Waals surface area (Å²) in [5, 5.41) is 4.47. The number of methoxy groups -OCH3 is 1. The highest BCUT2D eigenvalue weighted by Crippen LogP contribution is 2.21. The van der Waals surface area contributed by atoms with Crippen molar-refractivity contribution in [2.24, 2.45) is 0 Å². The molecule has 0 aliphatic heterocycles. The van der Waals surface area contributed by atoms with Gasteiger partial charge in [-0.1, -0.05) is 30.3 Å². The van der Waals surface area contributed by atoms with Gasteiger partial charge in [-0.05, 0) is 23.8 Å². The topological polar surface area (TPSA) is 59.9 Å². The van der Waals surface area contributed by atoms with E-state index in [1.807, 2.05) is 53.2 Å². The fourth-order valence-electron chi connectivity index (χ4n) is 2.85. The van der Waals surface area contributed by atoms with Crippen LogP contribution in [0.3, 0.4) is 0 Å². The molecule has 2 aromatic heterocycles. The molecule has 5 heteroatoms. The van der Waals surface area contributed by atoms with E-state index in [-0.39, 0.29) is 5.56 Å². The Kier molecular flexibility index (Phi) is 3.12. The normalized spacial score (nSPS) is 11.2. The molecule has 0 atom stereocenters. The second kappa shape index (κ2) is 5.28. The van der Waals surface area contributed by atoms with Crippen molar-refractivity contribution in [3.63, 3.8) is 0 Å². The summed E-state index contributed by atoms with van der Waals surface area (Å²) < 4.78 is 7.00. The minimum absolute atomic E-state index is 0.0906. The van der Waals surface area contributed by atoms with Crippen LogP contribution in [0.15, 0.2) is 59.5 Å². The average Bonchev–Trinajstić information content (AvgIpc) is 2.92. The first-order valence-corrected chi connectivity index (χ1v) is 7.35. The molecule has 0 aliphatic carbocycles. The van der Waals surface area contributed by atoms with Crippen LogP contribution in [0.2, 0.25) is 0 Å². The van der Waals surface area contributed by atoms with Gasteiger partial charge in [0.2, 0.25) is 0 Å². The van der Waals surface area contributed by atoms with E-state index in [0.717, 1.165) is 27.7 Å². The standard InChI is InChI=1S/C18H15N3O2/c1-23-13-8-6-12(7-9-13)11-21-16-10-19-15-5-3-2-4-14(15)17(16)18(22)20-21/h2-10H,11H2,1H3,(H,20,22). The molecule has 0 amide bonds. The summed E-state index contributed by atoms with van der Waals surface area (Å²) in [4.78, 5) is 16.8. The number of H-pyrrole nitrogens is 1. The highest BCUT2D eigenvalue weighted by molar-refractivity contribution is 6.03. The first kappa shape index (κ1) is 13.6. The smallest absolute Gasteiger partial charge is 0.272 e. The summed E-state index contributed by atoms with van der Waals surface area (Å²) in [7, 11) is 1.64. The van der Waals surface area contributed by atoms with Crippen molar-refractivity contribution < 1.29 is 4.74 Å². The number of benzene rings is 2. The number of rotatable bonds is 3. The average molecular weight is 305 g/mol. The first-order valence-electron chi connectivity index (χ1n) is 7.35. The lowest BCUT2D eigenvalue weighted by molar-refractivity contribution is 0.414. The van der Waals surface area contributed by atoms with Crippen LogP contribution in [0.4, 0.5) is 0 Å². The fourth-order valence-corrected chi connectivity index (χ4v) is 2.85. The van der Waals surface area contributed by atoms with Crippen LogP contribution < -0.4 is 10.3 Å². The molecule has 5 nitrogen and oxygen atoms in total. The van der Waals surface area contributed by atoms with E-state index < -0.39 is 0 Å². The number of fused-ring (bicyclic) bond motifs is 3. The minimum Gasteiger partial charge on any atom is -0.497 e. The molecular weight excluding hydrogens is 290 g/mol. The SMILES string of the molecule is COc1ccc(Cn2[nH]c(=O)c3c4ccccc4ncc32)cc1. The van der Waals surface area contributed by atoms with Gasteiger partial charge in [-0.2, -0.15) is 0 Å². The van der Waals surface area contributed by atoms with Crippen molar-refractivity contribution in [2.45, 2.75) is 6.54 Å². The van der Waals surface area contributed by atoms with Gasteiger partial charge >= 0.3 is 0 Å². The van der Waals surface area contributed by atoms with Gasteiger partial charge in [0.15, 0.2) is 0 Å². The van der Waals surface area contributed by atoms with Crippen LogP contribution >= 0.6 is 0 Å². The Labute approximate surface area is 132 Å². The molecule has 0 radical (unpaired) electrons. The predicted molar refractivity (Wildman–Crippen MR) is 90.0 cm³/mol. The van der Waals surface area contributed by atoms with Crippen LogP contribution in [0, 0.1) is 0 Å². The third-order valence-electron chi connectivity index (χ3n) is 4.01. The van der Waals surface area contributed by atoms with E-state index in [1.54, 1.807) is 13.3 Å². The van der Waals surface area contributed by atoms with E-state index in [2.05, 4.69) is 10.1 Å². The summed E-state index contributed by atoms with van der Waals surface area (Å²) >= 11 is 0. The van der Waals surface area contributed by atoms with Crippen LogP contribution in [-0.4, -0.2) is 21.9 Å². The maximum absolute atomic E-state index is 12.4. The second-order valence-electron chi connectivity index (χ2n) is 5.41. The number of hydrogen-bond acceptors (Lipinski definition) is 3. The van der Waals surface area contributed by atoms with Gasteiger partial charge in [0, 0.05) is 5.39 Å². The number of aromatic amines is 1. The predicted octanol–water partition coefficient (Wildman–Crippen LogP) is 2.93. The molecule has 0 unspecified atom stereocenters. The molecule has 0 aliphatic rings. The summed E-state index contributed by atoms with van der Waals surface area (Å²) in [6.07, 6.45) is 1.75. The van der Waals surface area contributed by atoms with Gasteiger partial charge in [-0.15, -0.1) is 0 Å². The van der Waals surface area contributed by atoms with Crippen molar-refractivity contribution in [1.82, 2.24) is 14.8 Å². The fraction of sp³-hybridized carbons (Fsp3) is 0.111. The lowest BCUT2D eigenvalue weighted by atomic mass is 10.1. The zero-order chi connectivity index (χ0) is 15.8. The number of para-hydroxylation sites is 1. The molecule has 23 heavy (non-hydrogen) atoms. The Morgan fingerprint density at radius 1 is 1.13 bits per heavy atom. The molecule has 0 spiro atoms. The van der Waals surface area contributed by atoms with Crippen molar-refractivity contribution >= 4 is 21.8 Å². The maximum Gasteiger partial charge on any atom is 0.272 e. The van der Waals surface area contributed by atoms with Crippen molar-refractivity contribution in [1.29, 1.82) is 0 Å². The highest BCUT2D eigenvalue weighted by atomic mass is 16.5. The van der Waals surface area contributed by atoms with Crippen LogP contribution in [0.1, 0.15) is 5.56 Å². The third kappa shape index (κ3) is 2.26. The van der Waals surface area contributed by atoms with E-state index in [0.29, 0.717) is 11.9 Å². The Hall–Kier alpha value is -3.08. The Bertz CT molecular complexity index is 1050. The third-order valence-corrected chi connectivity index (χ3v) is 4.01. The molecule has 0 bridgehead atoms. The number of ether oxygens (including phenoxy) is 1. The van der Waals surface area contributed by atoms with Crippen LogP contribution in [-0.2, 0) is 6.54 Å². The Balaban J connectivity index is 1.84. The minimum atomic E-state index is -0.0906. The molecule has 4 rings (SSSR count). The quantitative estimate of drug-likeness (QED) is 0.633. The van der Waals surface area contributed by atoms with Crippen LogP contribution in [0.25, 0.3) is 21.8 Å². The van der Waals surface area contributed by atoms with Crippen molar-refractivity contribution in [3.05, 3.63) is 70.6 Å². The van der Waals surface area contributed by atoms with E-state index in [1.165, 1.54) is 0 Å². The van der Waals surface area contributed by atoms with Gasteiger partial charge in [0.1, 0.15) is 5.75 Å². The second-order valence-corrected chi connectivity index (χ2v) is 5.41. The number of aromatic nitrogens is 3. The van der Waals surface area contributed by atoms with Gasteiger partial charge < -0.3 is 4.74 Å². The van der Waals surface area contributed by atoms with Crippen molar-refractivity contribution in [2.75, 3.05) is 7.11 Å². The van der Waals surface area contributed by atoms with Crippen LogP contribution in [0.5, 0.6) is 5.75 Å². The van der Waals surface area contributed by atoms with E-state index >= 15 is 0 Å². The molecule has 2 aromatic carbocycles. The lowest BCUT2D eigenvalue weighted by Gasteiger charge is -2.06. The zero-order valence-electron chi connectivity index (χ0n) is 12.6. The molecule has 0 fully saturated rings. The number of nitrogens with one attached hydrogen (secondary N) is 1. The summed E-state index contributed by atoms with van der Waals surface area (Å²) in [5.41, 5.74) is 2.62. The number of hydrogen-bond donors (Lipinski definition) is 1. The molecule has 4 aromatic rings. The Morgan fingerprint density at radius 3 is 2.70 bits per heavy atom. The summed E-state index contributed by atoms with van der Waals surface area (Å²) in [6.45, 7) is 0.572. The molecule has 114 valence electrons. The first-order chi connectivity index (χ1) is 11.3. The number of pyridine rings is 1. The molecular formula is C18H15N3O2. The molecule has 1 N–H and O–H groups in total. The monoisotopic (exact) mass is 305 g/mol. The molecule has 0 saturated carbocycles. The summed E-state index contributed by atoms with van der Waals surface area (Å²) in [6, 6.07) is 15.5. The Morgan fingerprint density at radius 2 is 1.91 bits per heavy atom.